The Hall–Kier alpha value is -1.72. The molecule has 1 heterocycles. The lowest BCUT2D eigenvalue weighted by molar-refractivity contribution is -0.246. The second-order valence-electron chi connectivity index (χ2n) is 4.22. The molecular weight excluding hydrogens is 247 g/mol. The Balaban J connectivity index is 2.50. The number of aryl methyl sites for hydroxylation is 1. The molecule has 18 heavy (non-hydrogen) atoms. The van der Waals surface area contributed by atoms with E-state index in [2.05, 4.69) is 0 Å². The fourth-order valence-corrected chi connectivity index (χ4v) is 2.10. The molecule has 1 aliphatic rings. The summed E-state index contributed by atoms with van der Waals surface area (Å²) in [5.41, 5.74) is -0.124. The smallest absolute Gasteiger partial charge is 0.416 e. The topological polar surface area (TPSA) is 43.4 Å². The standard InChI is InChI=1S/C12H12F3NO2/c13-12(14,15)9-5-4-8-3-1-2-6-16(11(17)18)10(8)7-9/h4-5,7H,1-3,6H2,(H,17,18)/p-1. The zero-order chi connectivity index (χ0) is 13.3. The summed E-state index contributed by atoms with van der Waals surface area (Å²) < 4.78 is 37.8. The Morgan fingerprint density at radius 1 is 1.28 bits per heavy atom. The van der Waals surface area contributed by atoms with E-state index in [1.54, 1.807) is 0 Å². The van der Waals surface area contributed by atoms with Crippen LogP contribution >= 0.6 is 0 Å². The van der Waals surface area contributed by atoms with Crippen molar-refractivity contribution in [1.29, 1.82) is 0 Å². The summed E-state index contributed by atoms with van der Waals surface area (Å²) >= 11 is 0. The van der Waals surface area contributed by atoms with Gasteiger partial charge in [-0.2, -0.15) is 13.2 Å². The van der Waals surface area contributed by atoms with E-state index in [1.165, 1.54) is 6.07 Å². The van der Waals surface area contributed by atoms with E-state index in [0.29, 0.717) is 18.4 Å². The van der Waals surface area contributed by atoms with Gasteiger partial charge in [-0.25, -0.2) is 0 Å². The van der Waals surface area contributed by atoms with Gasteiger partial charge in [-0.1, -0.05) is 6.07 Å². The van der Waals surface area contributed by atoms with E-state index < -0.39 is 17.8 Å². The predicted octanol–water partition coefficient (Wildman–Crippen LogP) is 2.19. The second kappa shape index (κ2) is 4.51. The first-order valence-electron chi connectivity index (χ1n) is 5.58. The minimum Gasteiger partial charge on any atom is -0.530 e. The number of halogens is 3. The molecule has 0 fully saturated rings. The highest BCUT2D eigenvalue weighted by molar-refractivity contribution is 5.86. The van der Waals surface area contributed by atoms with Gasteiger partial charge in [0, 0.05) is 12.2 Å². The lowest BCUT2D eigenvalue weighted by Gasteiger charge is -2.26. The van der Waals surface area contributed by atoms with E-state index in [4.69, 9.17) is 0 Å². The molecule has 0 aromatic heterocycles. The van der Waals surface area contributed by atoms with Gasteiger partial charge >= 0.3 is 6.18 Å². The van der Waals surface area contributed by atoms with Crippen LogP contribution in [0.25, 0.3) is 0 Å². The number of carbonyl (C=O) groups is 1. The number of hydrogen-bond acceptors (Lipinski definition) is 2. The molecule has 0 N–H and O–H groups in total. The highest BCUT2D eigenvalue weighted by Crippen LogP contribution is 2.35. The summed E-state index contributed by atoms with van der Waals surface area (Å²) in [7, 11) is 0. The van der Waals surface area contributed by atoms with Gasteiger partial charge in [0.15, 0.2) is 0 Å². The summed E-state index contributed by atoms with van der Waals surface area (Å²) in [5, 5.41) is 11.0. The fourth-order valence-electron chi connectivity index (χ4n) is 2.10. The average molecular weight is 258 g/mol. The quantitative estimate of drug-likeness (QED) is 0.716. The maximum Gasteiger partial charge on any atom is 0.416 e. The molecule has 1 aromatic carbocycles. The van der Waals surface area contributed by atoms with Crippen LogP contribution in [0.5, 0.6) is 0 Å². The van der Waals surface area contributed by atoms with Crippen molar-refractivity contribution in [3.63, 3.8) is 0 Å². The SMILES string of the molecule is O=C([O-])N1CCCCc2ccc(C(F)(F)F)cc21. The maximum absolute atomic E-state index is 12.6. The van der Waals surface area contributed by atoms with Gasteiger partial charge in [0.2, 0.25) is 0 Å². The number of carboxylic acid groups (broad SMARTS) is 1. The lowest BCUT2D eigenvalue weighted by Crippen LogP contribution is -2.42. The largest absolute Gasteiger partial charge is 0.530 e. The van der Waals surface area contributed by atoms with E-state index in [-0.39, 0.29) is 12.2 Å². The number of hydrogen-bond donors (Lipinski definition) is 0. The molecule has 0 spiro atoms. The predicted molar refractivity (Wildman–Crippen MR) is 57.1 cm³/mol. The van der Waals surface area contributed by atoms with Crippen molar-refractivity contribution in [3.8, 4) is 0 Å². The molecule has 2 rings (SSSR count). The third-order valence-corrected chi connectivity index (χ3v) is 3.00. The number of anilines is 1. The molecule has 0 unspecified atom stereocenters. The summed E-state index contributed by atoms with van der Waals surface area (Å²) in [4.78, 5) is 11.9. The minimum atomic E-state index is -4.47. The monoisotopic (exact) mass is 258 g/mol. The zero-order valence-electron chi connectivity index (χ0n) is 9.46. The molecule has 0 aliphatic carbocycles. The van der Waals surface area contributed by atoms with Crippen molar-refractivity contribution in [3.05, 3.63) is 29.3 Å². The molecule has 0 saturated heterocycles. The molecule has 1 aliphatic heterocycles. The number of fused-ring (bicyclic) bond motifs is 1. The summed E-state index contributed by atoms with van der Waals surface area (Å²) in [6.45, 7) is 0.177. The van der Waals surface area contributed by atoms with Crippen molar-refractivity contribution in [2.75, 3.05) is 11.4 Å². The van der Waals surface area contributed by atoms with Crippen LogP contribution < -0.4 is 10.0 Å². The first kappa shape index (κ1) is 12.7. The van der Waals surface area contributed by atoms with E-state index in [9.17, 15) is 23.1 Å². The Labute approximate surface area is 102 Å². The van der Waals surface area contributed by atoms with Crippen molar-refractivity contribution in [2.24, 2.45) is 0 Å². The zero-order valence-corrected chi connectivity index (χ0v) is 9.46. The van der Waals surface area contributed by atoms with Crippen LogP contribution in [0.15, 0.2) is 18.2 Å². The van der Waals surface area contributed by atoms with Gasteiger partial charge in [0.1, 0.15) is 6.09 Å². The lowest BCUT2D eigenvalue weighted by atomic mass is 10.0. The summed E-state index contributed by atoms with van der Waals surface area (Å²) in [6, 6.07) is 3.22. The normalized spacial score (nSPS) is 16.1. The second-order valence-corrected chi connectivity index (χ2v) is 4.22. The molecule has 1 amide bonds. The fraction of sp³-hybridized carbons (Fsp3) is 0.417. The number of carbonyl (C=O) groups excluding carboxylic acids is 1. The van der Waals surface area contributed by atoms with Gasteiger partial charge in [0.05, 0.1) is 5.56 Å². The van der Waals surface area contributed by atoms with Crippen molar-refractivity contribution in [2.45, 2.75) is 25.4 Å². The molecule has 0 atom stereocenters. The molecule has 1 aromatic rings. The average Bonchev–Trinajstić information content (AvgIpc) is 2.48. The molecule has 6 heteroatoms. The van der Waals surface area contributed by atoms with Crippen LogP contribution in [0.2, 0.25) is 0 Å². The number of benzene rings is 1. The van der Waals surface area contributed by atoms with E-state index in [1.807, 2.05) is 0 Å². The Morgan fingerprint density at radius 2 is 2.00 bits per heavy atom. The minimum absolute atomic E-state index is 0.0994. The molecule has 98 valence electrons. The highest BCUT2D eigenvalue weighted by atomic mass is 19.4. The van der Waals surface area contributed by atoms with Crippen LogP contribution in [0.1, 0.15) is 24.0 Å². The summed E-state index contributed by atoms with van der Waals surface area (Å²) in [6.07, 6.45) is -3.99. The first-order valence-corrected chi connectivity index (χ1v) is 5.58. The van der Waals surface area contributed by atoms with Crippen molar-refractivity contribution in [1.82, 2.24) is 0 Å². The van der Waals surface area contributed by atoms with Crippen LogP contribution in [-0.4, -0.2) is 12.6 Å². The van der Waals surface area contributed by atoms with Crippen LogP contribution in [0, 0.1) is 0 Å². The van der Waals surface area contributed by atoms with Crippen LogP contribution in [0.4, 0.5) is 23.7 Å². The third-order valence-electron chi connectivity index (χ3n) is 3.00. The van der Waals surface area contributed by atoms with E-state index >= 15 is 0 Å². The number of amides is 1. The molecule has 0 saturated carbocycles. The Bertz CT molecular complexity index is 471. The van der Waals surface area contributed by atoms with Gasteiger partial charge in [0.25, 0.3) is 0 Å². The molecule has 0 bridgehead atoms. The Morgan fingerprint density at radius 3 is 2.61 bits per heavy atom. The van der Waals surface area contributed by atoms with E-state index in [0.717, 1.165) is 23.5 Å². The molecule has 3 nitrogen and oxygen atoms in total. The molecular formula is C12H11F3NO2-. The van der Waals surface area contributed by atoms with Crippen LogP contribution in [0.3, 0.4) is 0 Å². The van der Waals surface area contributed by atoms with Gasteiger partial charge in [-0.3, -0.25) is 0 Å². The maximum atomic E-state index is 12.6. The van der Waals surface area contributed by atoms with Crippen molar-refractivity contribution >= 4 is 11.8 Å². The number of nitrogens with zero attached hydrogens (tertiary/aromatic N) is 1. The summed E-state index contributed by atoms with van der Waals surface area (Å²) in [5.74, 6) is 0. The van der Waals surface area contributed by atoms with Crippen LogP contribution in [-0.2, 0) is 12.6 Å². The number of rotatable bonds is 0. The van der Waals surface area contributed by atoms with Gasteiger partial charge in [-0.05, 0) is 37.0 Å². The van der Waals surface area contributed by atoms with Gasteiger partial charge in [-0.15, -0.1) is 0 Å². The number of alkyl halides is 3. The third kappa shape index (κ3) is 2.42. The van der Waals surface area contributed by atoms with Crippen molar-refractivity contribution < 1.29 is 23.1 Å². The van der Waals surface area contributed by atoms with Gasteiger partial charge < -0.3 is 14.8 Å². The molecule has 0 radical (unpaired) electrons. The highest BCUT2D eigenvalue weighted by Gasteiger charge is 2.32. The Kier molecular flexibility index (Phi) is 3.19. The first-order chi connectivity index (χ1) is 8.39.